The fourth-order valence-corrected chi connectivity index (χ4v) is 5.37. The molecule has 3 saturated heterocycles. The lowest BCUT2D eigenvalue weighted by molar-refractivity contribution is -0.106. The van der Waals surface area contributed by atoms with Crippen molar-refractivity contribution in [3.63, 3.8) is 0 Å². The molecule has 3 aliphatic heterocycles. The summed E-state index contributed by atoms with van der Waals surface area (Å²) in [6.45, 7) is 3.44. The van der Waals surface area contributed by atoms with Crippen molar-refractivity contribution in [3.05, 3.63) is 71.9 Å². The molecule has 0 radical (unpaired) electrons. The third-order valence-electron chi connectivity index (χ3n) is 6.96. The molecule has 2 atom stereocenters. The molecule has 3 nitrogen and oxygen atoms in total. The normalized spacial score (nSPS) is 26.9. The maximum atomic E-state index is 12.0. The van der Waals surface area contributed by atoms with E-state index in [0.29, 0.717) is 11.8 Å². The average molecular weight is 361 g/mol. The van der Waals surface area contributed by atoms with Crippen LogP contribution in [0.25, 0.3) is 10.9 Å². The monoisotopic (exact) mass is 360 g/mol. The molecule has 3 heteroatoms. The highest BCUT2D eigenvalue weighted by Crippen LogP contribution is 2.45. The Morgan fingerprint density at radius 3 is 2.59 bits per heavy atom. The van der Waals surface area contributed by atoms with E-state index < -0.39 is 5.60 Å². The highest BCUT2D eigenvalue weighted by Gasteiger charge is 2.47. The second-order valence-electron chi connectivity index (χ2n) is 8.43. The zero-order valence-electron chi connectivity index (χ0n) is 15.8. The molecule has 2 bridgehead atoms. The maximum Gasteiger partial charge on any atom is 0.0942 e. The van der Waals surface area contributed by atoms with Gasteiger partial charge in [0, 0.05) is 24.2 Å². The number of piperidine rings is 3. The summed E-state index contributed by atoms with van der Waals surface area (Å²) < 4.78 is 0. The fraction of sp³-hybridized carbons (Fsp3) is 0.417. The van der Waals surface area contributed by atoms with Crippen LogP contribution in [0.2, 0.25) is 0 Å². The topological polar surface area (TPSA) is 39.3 Å². The molecule has 27 heavy (non-hydrogen) atoms. The van der Waals surface area contributed by atoms with Gasteiger partial charge < -0.3 is 15.0 Å². The highest BCUT2D eigenvalue weighted by atomic mass is 16.3. The van der Waals surface area contributed by atoms with Crippen molar-refractivity contribution in [2.45, 2.75) is 31.3 Å². The van der Waals surface area contributed by atoms with Crippen LogP contribution in [-0.2, 0) is 12.0 Å². The van der Waals surface area contributed by atoms with Crippen LogP contribution < -0.4 is 0 Å². The van der Waals surface area contributed by atoms with Crippen molar-refractivity contribution >= 4 is 10.9 Å². The molecule has 3 fully saturated rings. The van der Waals surface area contributed by atoms with E-state index >= 15 is 0 Å². The molecular formula is C24H28N2O. The van der Waals surface area contributed by atoms with E-state index in [1.54, 1.807) is 0 Å². The van der Waals surface area contributed by atoms with Gasteiger partial charge in [-0.15, -0.1) is 0 Å². The van der Waals surface area contributed by atoms with Crippen LogP contribution in [0.5, 0.6) is 0 Å². The number of aromatic nitrogens is 1. The van der Waals surface area contributed by atoms with E-state index in [2.05, 4.69) is 58.4 Å². The number of hydrogen-bond acceptors (Lipinski definition) is 2. The van der Waals surface area contributed by atoms with Gasteiger partial charge in [-0.3, -0.25) is 0 Å². The first-order chi connectivity index (χ1) is 13.2. The number of aryl methyl sites for hydroxylation is 1. The van der Waals surface area contributed by atoms with E-state index in [1.165, 1.54) is 42.4 Å². The molecule has 6 rings (SSSR count). The Kier molecular flexibility index (Phi) is 4.30. The second-order valence-corrected chi connectivity index (χ2v) is 8.43. The van der Waals surface area contributed by atoms with Gasteiger partial charge in [0.1, 0.15) is 0 Å². The summed E-state index contributed by atoms with van der Waals surface area (Å²) in [4.78, 5) is 5.81. The predicted octanol–water partition coefficient (Wildman–Crippen LogP) is 4.33. The lowest BCUT2D eigenvalue weighted by Crippen LogP contribution is -2.55. The van der Waals surface area contributed by atoms with Gasteiger partial charge in [-0.2, -0.15) is 0 Å². The number of H-pyrrole nitrogens is 1. The highest BCUT2D eigenvalue weighted by molar-refractivity contribution is 5.79. The Labute approximate surface area is 161 Å². The molecule has 140 valence electrons. The van der Waals surface area contributed by atoms with E-state index in [0.717, 1.165) is 24.9 Å². The summed E-state index contributed by atoms with van der Waals surface area (Å²) in [6.07, 6.45) is 6.13. The maximum absolute atomic E-state index is 12.0. The van der Waals surface area contributed by atoms with E-state index in [9.17, 15) is 5.11 Å². The molecule has 3 aromatic rings. The van der Waals surface area contributed by atoms with Crippen molar-refractivity contribution in [2.24, 2.45) is 11.8 Å². The third kappa shape index (κ3) is 3.09. The number of benzene rings is 2. The zero-order chi connectivity index (χ0) is 18.3. The first-order valence-corrected chi connectivity index (χ1v) is 10.3. The van der Waals surface area contributed by atoms with Crippen molar-refractivity contribution < 1.29 is 5.11 Å². The van der Waals surface area contributed by atoms with Crippen LogP contribution >= 0.6 is 0 Å². The second kappa shape index (κ2) is 6.81. The molecule has 2 aromatic carbocycles. The molecule has 0 spiro atoms. The van der Waals surface area contributed by atoms with Crippen LogP contribution in [0, 0.1) is 11.8 Å². The molecule has 4 heterocycles. The van der Waals surface area contributed by atoms with Crippen LogP contribution in [-0.4, -0.2) is 34.6 Å². The minimum atomic E-state index is -0.752. The number of nitrogens with one attached hydrogen (secondary N) is 1. The lowest BCUT2D eigenvalue weighted by Gasteiger charge is -2.51. The minimum absolute atomic E-state index is 0.332. The molecule has 0 saturated carbocycles. The van der Waals surface area contributed by atoms with Crippen molar-refractivity contribution in [1.82, 2.24) is 9.88 Å². The molecule has 3 aliphatic rings. The van der Waals surface area contributed by atoms with Crippen LogP contribution in [0.15, 0.2) is 60.8 Å². The van der Waals surface area contributed by atoms with E-state index in [4.69, 9.17) is 0 Å². The fourth-order valence-electron chi connectivity index (χ4n) is 5.37. The first kappa shape index (κ1) is 17.0. The Hall–Kier alpha value is -2.10. The summed E-state index contributed by atoms with van der Waals surface area (Å²) in [6, 6.07) is 19.1. The summed E-state index contributed by atoms with van der Waals surface area (Å²) >= 11 is 0. The SMILES string of the molecule is OC(CCc1ccc2[nH]ccc2c1)(c1ccccc1)C1CN2CCC1CC2. The Balaban J connectivity index is 1.44. The Morgan fingerprint density at radius 1 is 1.04 bits per heavy atom. The molecule has 2 unspecified atom stereocenters. The largest absolute Gasteiger partial charge is 0.385 e. The van der Waals surface area contributed by atoms with Crippen LogP contribution in [0.4, 0.5) is 0 Å². The van der Waals surface area contributed by atoms with Gasteiger partial charge in [-0.05, 0) is 79.4 Å². The molecule has 1 aromatic heterocycles. The first-order valence-electron chi connectivity index (χ1n) is 10.3. The summed E-state index contributed by atoms with van der Waals surface area (Å²) in [5.74, 6) is 0.978. The number of nitrogens with zero attached hydrogens (tertiary/aromatic N) is 1. The van der Waals surface area contributed by atoms with Crippen molar-refractivity contribution in [3.8, 4) is 0 Å². The predicted molar refractivity (Wildman–Crippen MR) is 110 cm³/mol. The standard InChI is InChI=1S/C24H28N2O/c27-24(21-4-2-1-3-5-21,22-17-26-14-10-19(22)11-15-26)12-8-18-6-7-23-20(16-18)9-13-25-23/h1-7,9,13,16,19,22,25,27H,8,10-12,14-15,17H2. The van der Waals surface area contributed by atoms with Gasteiger partial charge in [0.25, 0.3) is 0 Å². The van der Waals surface area contributed by atoms with Crippen LogP contribution in [0.1, 0.15) is 30.4 Å². The smallest absolute Gasteiger partial charge is 0.0942 e. The van der Waals surface area contributed by atoms with Crippen molar-refractivity contribution in [1.29, 1.82) is 0 Å². The van der Waals surface area contributed by atoms with Gasteiger partial charge in [0.05, 0.1) is 5.60 Å². The minimum Gasteiger partial charge on any atom is -0.385 e. The number of rotatable bonds is 5. The molecule has 0 aliphatic carbocycles. The molecular weight excluding hydrogens is 332 g/mol. The molecule has 2 N–H and O–H groups in total. The van der Waals surface area contributed by atoms with Gasteiger partial charge in [-0.1, -0.05) is 36.4 Å². The Morgan fingerprint density at radius 2 is 1.85 bits per heavy atom. The third-order valence-corrected chi connectivity index (χ3v) is 6.96. The number of hydrogen-bond donors (Lipinski definition) is 2. The number of aliphatic hydroxyl groups is 1. The van der Waals surface area contributed by atoms with Crippen LogP contribution in [0.3, 0.4) is 0 Å². The number of aromatic amines is 1. The van der Waals surface area contributed by atoms with Crippen molar-refractivity contribution in [2.75, 3.05) is 19.6 Å². The Bertz CT molecular complexity index is 910. The summed E-state index contributed by atoms with van der Waals surface area (Å²) in [7, 11) is 0. The quantitative estimate of drug-likeness (QED) is 0.711. The van der Waals surface area contributed by atoms with Gasteiger partial charge in [0.2, 0.25) is 0 Å². The summed E-state index contributed by atoms with van der Waals surface area (Å²) in [5, 5.41) is 13.3. The van der Waals surface area contributed by atoms with Gasteiger partial charge >= 0.3 is 0 Å². The van der Waals surface area contributed by atoms with E-state index in [-0.39, 0.29) is 0 Å². The lowest BCUT2D eigenvalue weighted by atomic mass is 9.66. The zero-order valence-corrected chi connectivity index (χ0v) is 15.8. The van der Waals surface area contributed by atoms with E-state index in [1.807, 2.05) is 12.3 Å². The summed E-state index contributed by atoms with van der Waals surface area (Å²) in [5.41, 5.74) is 2.82. The average Bonchev–Trinajstić information content (AvgIpc) is 3.21. The van der Waals surface area contributed by atoms with Gasteiger partial charge in [-0.25, -0.2) is 0 Å². The molecule has 0 amide bonds. The van der Waals surface area contributed by atoms with Gasteiger partial charge in [0.15, 0.2) is 0 Å². The number of fused-ring (bicyclic) bond motifs is 4.